The lowest BCUT2D eigenvalue weighted by atomic mass is 9.98. The van der Waals surface area contributed by atoms with Gasteiger partial charge < -0.3 is 15.2 Å². The van der Waals surface area contributed by atoms with E-state index in [0.717, 1.165) is 11.8 Å². The summed E-state index contributed by atoms with van der Waals surface area (Å²) in [5.74, 6) is 1.50. The summed E-state index contributed by atoms with van der Waals surface area (Å²) in [5, 5.41) is 12.8. The van der Waals surface area contributed by atoms with E-state index in [0.29, 0.717) is 37.1 Å². The number of aliphatic hydroxyl groups excluding tert-OH is 1. The summed E-state index contributed by atoms with van der Waals surface area (Å²) in [7, 11) is -3.56. The lowest BCUT2D eigenvalue weighted by Gasteiger charge is -2.19. The lowest BCUT2D eigenvalue weighted by Crippen LogP contribution is -2.27. The Bertz CT molecular complexity index is 954. The number of aliphatic hydroxyl groups is 1. The Labute approximate surface area is 184 Å². The van der Waals surface area contributed by atoms with Crippen molar-refractivity contribution >= 4 is 21.9 Å². The van der Waals surface area contributed by atoms with Crippen LogP contribution >= 0.6 is 0 Å². The van der Waals surface area contributed by atoms with Crippen LogP contribution in [0.2, 0.25) is 0 Å². The largest absolute Gasteiger partial charge is 0.478 e. The predicted molar refractivity (Wildman–Crippen MR) is 120 cm³/mol. The van der Waals surface area contributed by atoms with Crippen molar-refractivity contribution in [2.75, 3.05) is 29.5 Å². The smallest absolute Gasteiger partial charge is 0.241 e. The summed E-state index contributed by atoms with van der Waals surface area (Å²) < 4.78 is 31.2. The van der Waals surface area contributed by atoms with Crippen LogP contribution in [0.1, 0.15) is 51.4 Å². The molecular formula is C20H32N6O4S. The van der Waals surface area contributed by atoms with E-state index in [1.54, 1.807) is 6.20 Å². The SMILES string of the molecule is CCOc1cc(C(C)Cc2nc(NC(CO)CC(C)C)nc(NS(C)(=O)=O)n2)ccn1. The molecule has 2 unspecified atom stereocenters. The second kappa shape index (κ2) is 11.2. The average molecular weight is 453 g/mol. The summed E-state index contributed by atoms with van der Waals surface area (Å²) in [6, 6.07) is 3.51. The fraction of sp³-hybridized carbons (Fsp3) is 0.600. The van der Waals surface area contributed by atoms with E-state index < -0.39 is 10.0 Å². The second-order valence-electron chi connectivity index (χ2n) is 7.89. The van der Waals surface area contributed by atoms with Crippen molar-refractivity contribution in [3.8, 4) is 5.88 Å². The number of nitrogens with one attached hydrogen (secondary N) is 2. The molecule has 0 saturated carbocycles. The van der Waals surface area contributed by atoms with Crippen molar-refractivity contribution in [2.45, 2.75) is 52.5 Å². The first-order valence-electron chi connectivity index (χ1n) is 10.3. The fourth-order valence-corrected chi connectivity index (χ4v) is 3.49. The number of ether oxygens (including phenoxy) is 1. The van der Waals surface area contributed by atoms with Crippen LogP contribution in [0.5, 0.6) is 5.88 Å². The first-order valence-corrected chi connectivity index (χ1v) is 12.2. The van der Waals surface area contributed by atoms with Crippen molar-refractivity contribution in [1.82, 2.24) is 19.9 Å². The van der Waals surface area contributed by atoms with Crippen LogP contribution < -0.4 is 14.8 Å². The van der Waals surface area contributed by atoms with E-state index in [2.05, 4.69) is 30.0 Å². The van der Waals surface area contributed by atoms with Gasteiger partial charge in [0.25, 0.3) is 0 Å². The quantitative estimate of drug-likeness (QED) is 0.442. The zero-order valence-electron chi connectivity index (χ0n) is 18.7. The highest BCUT2D eigenvalue weighted by molar-refractivity contribution is 7.91. The fourth-order valence-electron chi connectivity index (χ4n) is 3.07. The van der Waals surface area contributed by atoms with Crippen molar-refractivity contribution in [1.29, 1.82) is 0 Å². The molecule has 0 aromatic carbocycles. The van der Waals surface area contributed by atoms with Crippen LogP contribution in [0.3, 0.4) is 0 Å². The van der Waals surface area contributed by atoms with E-state index in [1.165, 1.54) is 0 Å². The molecular weight excluding hydrogens is 420 g/mol. The summed E-state index contributed by atoms with van der Waals surface area (Å²) in [4.78, 5) is 17.1. The Hall–Kier alpha value is -2.53. The molecule has 0 aliphatic carbocycles. The van der Waals surface area contributed by atoms with E-state index in [4.69, 9.17) is 4.74 Å². The molecule has 31 heavy (non-hydrogen) atoms. The minimum atomic E-state index is -3.56. The highest BCUT2D eigenvalue weighted by Gasteiger charge is 2.17. The maximum Gasteiger partial charge on any atom is 0.241 e. The lowest BCUT2D eigenvalue weighted by molar-refractivity contribution is 0.259. The van der Waals surface area contributed by atoms with Crippen LogP contribution in [0.25, 0.3) is 0 Å². The number of pyridine rings is 1. The van der Waals surface area contributed by atoms with Crippen LogP contribution in [0.15, 0.2) is 18.3 Å². The molecule has 2 rings (SSSR count). The molecule has 11 heteroatoms. The zero-order valence-corrected chi connectivity index (χ0v) is 19.5. The van der Waals surface area contributed by atoms with Crippen molar-refractivity contribution in [3.63, 3.8) is 0 Å². The first-order chi connectivity index (χ1) is 14.6. The molecule has 172 valence electrons. The predicted octanol–water partition coefficient (Wildman–Crippen LogP) is 2.20. The van der Waals surface area contributed by atoms with Crippen molar-refractivity contribution in [3.05, 3.63) is 29.7 Å². The summed E-state index contributed by atoms with van der Waals surface area (Å²) in [6.07, 6.45) is 3.87. The maximum atomic E-state index is 11.7. The Kier molecular flexibility index (Phi) is 8.93. The Morgan fingerprint density at radius 1 is 1.16 bits per heavy atom. The molecule has 0 bridgehead atoms. The van der Waals surface area contributed by atoms with E-state index >= 15 is 0 Å². The van der Waals surface area contributed by atoms with Gasteiger partial charge in [-0.25, -0.2) is 13.4 Å². The van der Waals surface area contributed by atoms with Gasteiger partial charge in [-0.2, -0.15) is 15.0 Å². The average Bonchev–Trinajstić information content (AvgIpc) is 2.66. The molecule has 0 fully saturated rings. The van der Waals surface area contributed by atoms with Crippen molar-refractivity contribution in [2.24, 2.45) is 5.92 Å². The second-order valence-corrected chi connectivity index (χ2v) is 9.64. The monoisotopic (exact) mass is 452 g/mol. The third-order valence-electron chi connectivity index (χ3n) is 4.38. The van der Waals surface area contributed by atoms with Gasteiger partial charge in [0.15, 0.2) is 0 Å². The molecule has 10 nitrogen and oxygen atoms in total. The summed E-state index contributed by atoms with van der Waals surface area (Å²) in [6.45, 7) is 8.44. The maximum absolute atomic E-state index is 11.7. The molecule has 0 saturated heterocycles. The third kappa shape index (κ3) is 8.62. The molecule has 0 amide bonds. The van der Waals surface area contributed by atoms with Gasteiger partial charge in [0.1, 0.15) is 5.82 Å². The minimum Gasteiger partial charge on any atom is -0.478 e. The normalized spacial score (nSPS) is 13.6. The highest BCUT2D eigenvalue weighted by atomic mass is 32.2. The first kappa shape index (κ1) is 24.7. The zero-order chi connectivity index (χ0) is 23.0. The Morgan fingerprint density at radius 2 is 1.87 bits per heavy atom. The molecule has 2 heterocycles. The number of rotatable bonds is 12. The van der Waals surface area contributed by atoms with Gasteiger partial charge in [-0.1, -0.05) is 20.8 Å². The number of sulfonamides is 1. The molecule has 2 aromatic rings. The molecule has 3 N–H and O–H groups in total. The van der Waals surface area contributed by atoms with Crippen molar-refractivity contribution < 1.29 is 18.3 Å². The van der Waals surface area contributed by atoms with E-state index in [9.17, 15) is 13.5 Å². The highest BCUT2D eigenvalue weighted by Crippen LogP contribution is 2.23. The number of nitrogens with zero attached hydrogens (tertiary/aromatic N) is 4. The molecule has 2 atom stereocenters. The number of hydrogen-bond donors (Lipinski definition) is 3. The molecule has 0 radical (unpaired) electrons. The van der Waals surface area contributed by atoms with E-state index in [-0.39, 0.29) is 30.5 Å². The number of hydrogen-bond acceptors (Lipinski definition) is 9. The van der Waals surface area contributed by atoms with Gasteiger partial charge in [-0.05, 0) is 36.8 Å². The van der Waals surface area contributed by atoms with Crippen LogP contribution in [-0.2, 0) is 16.4 Å². The number of aromatic nitrogens is 4. The molecule has 0 aliphatic heterocycles. The van der Waals surface area contributed by atoms with E-state index in [1.807, 2.05) is 39.8 Å². The minimum absolute atomic E-state index is 0.0212. The van der Waals surface area contributed by atoms with Gasteiger partial charge >= 0.3 is 0 Å². The summed E-state index contributed by atoms with van der Waals surface area (Å²) >= 11 is 0. The Morgan fingerprint density at radius 3 is 2.48 bits per heavy atom. The van der Waals surface area contributed by atoms with Gasteiger partial charge in [0.2, 0.25) is 27.8 Å². The molecule has 2 aromatic heterocycles. The molecule has 0 aliphatic rings. The number of anilines is 2. The van der Waals surface area contributed by atoms with Gasteiger partial charge in [0, 0.05) is 18.7 Å². The van der Waals surface area contributed by atoms with Crippen LogP contribution in [0.4, 0.5) is 11.9 Å². The van der Waals surface area contributed by atoms with Gasteiger partial charge in [-0.3, -0.25) is 4.72 Å². The standard InChI is InChI=1S/C20H32N6O4S/c1-6-30-18-11-15(7-8-21-18)14(4)10-17-23-19(22-16(12-27)9-13(2)3)25-20(24-17)26-31(5,28)29/h7-8,11,13-14,16,27H,6,9-10,12H2,1-5H3,(H2,22,23,24,25,26). The van der Waals surface area contributed by atoms with Crippen LogP contribution in [0, 0.1) is 5.92 Å². The third-order valence-corrected chi connectivity index (χ3v) is 4.93. The Balaban J connectivity index is 2.29. The van der Waals surface area contributed by atoms with Gasteiger partial charge in [-0.15, -0.1) is 0 Å². The van der Waals surface area contributed by atoms with Crippen LogP contribution in [-0.4, -0.2) is 59.0 Å². The topological polar surface area (TPSA) is 139 Å². The molecule has 0 spiro atoms. The van der Waals surface area contributed by atoms with Gasteiger partial charge in [0.05, 0.1) is 25.5 Å². The summed E-state index contributed by atoms with van der Waals surface area (Å²) in [5.41, 5.74) is 0.999.